The molecule has 18 heavy (non-hydrogen) atoms. The van der Waals surface area contributed by atoms with Gasteiger partial charge in [0.05, 0.1) is 6.61 Å². The molecule has 0 aromatic heterocycles. The van der Waals surface area contributed by atoms with E-state index in [4.69, 9.17) is 25.5 Å². The van der Waals surface area contributed by atoms with Crippen LogP contribution in [0, 0.1) is 0 Å². The van der Waals surface area contributed by atoms with Gasteiger partial charge in [0.2, 0.25) is 0 Å². The summed E-state index contributed by atoms with van der Waals surface area (Å²) in [5, 5.41) is 45.3. The van der Waals surface area contributed by atoms with Crippen molar-refractivity contribution in [1.29, 1.82) is 0 Å². The van der Waals surface area contributed by atoms with Crippen molar-refractivity contribution in [3.05, 3.63) is 0 Å². The third kappa shape index (κ3) is 6.03. The van der Waals surface area contributed by atoms with E-state index in [1.807, 2.05) is 0 Å². The maximum absolute atomic E-state index is 10.1. The molecule has 0 saturated carbocycles. The molecule has 1 fully saturated rings. The standard InChI is InChI=1S/C5H9NO2.C5H10O5/c7-5(8)4-2-1-3-6-4;6-1-3(8)5(10)4(9)2-7/h4,6H,1-3H2,(H,7,8);1,3-5,7-10H,2H2/t4-;3-,4+,5-/m00/s1. The van der Waals surface area contributed by atoms with E-state index in [-0.39, 0.29) is 12.3 Å². The number of aliphatic hydroxyl groups excluding tert-OH is 4. The van der Waals surface area contributed by atoms with Crippen LogP contribution in [0.15, 0.2) is 0 Å². The Labute approximate surface area is 104 Å². The Hall–Kier alpha value is -1.06. The van der Waals surface area contributed by atoms with Crippen molar-refractivity contribution in [2.75, 3.05) is 13.2 Å². The number of nitrogens with one attached hydrogen (secondary N) is 1. The lowest BCUT2D eigenvalue weighted by Crippen LogP contribution is -2.40. The van der Waals surface area contributed by atoms with Gasteiger partial charge in [0.1, 0.15) is 24.4 Å². The molecule has 8 nitrogen and oxygen atoms in total. The molecule has 0 unspecified atom stereocenters. The molecular formula is C10H19NO7. The van der Waals surface area contributed by atoms with Crippen LogP contribution in [0.2, 0.25) is 0 Å². The zero-order valence-corrected chi connectivity index (χ0v) is 9.77. The quantitative estimate of drug-likeness (QED) is 0.290. The Bertz CT molecular complexity index is 255. The lowest BCUT2D eigenvalue weighted by Gasteiger charge is -2.16. The van der Waals surface area contributed by atoms with E-state index in [0.29, 0.717) is 0 Å². The molecule has 8 heteroatoms. The van der Waals surface area contributed by atoms with Gasteiger partial charge in [0, 0.05) is 0 Å². The fraction of sp³-hybridized carbons (Fsp3) is 0.800. The third-order valence-electron chi connectivity index (χ3n) is 2.43. The third-order valence-corrected chi connectivity index (χ3v) is 2.43. The van der Waals surface area contributed by atoms with Gasteiger partial charge >= 0.3 is 5.97 Å². The number of rotatable bonds is 5. The lowest BCUT2D eigenvalue weighted by atomic mass is 10.1. The molecule has 1 heterocycles. The number of aliphatic carboxylic acids is 1. The van der Waals surface area contributed by atoms with Crippen LogP contribution >= 0.6 is 0 Å². The highest BCUT2D eigenvalue weighted by molar-refractivity contribution is 5.73. The van der Waals surface area contributed by atoms with Crippen molar-refractivity contribution in [3.8, 4) is 0 Å². The van der Waals surface area contributed by atoms with Crippen molar-refractivity contribution in [2.24, 2.45) is 0 Å². The van der Waals surface area contributed by atoms with Crippen molar-refractivity contribution >= 4 is 12.3 Å². The maximum Gasteiger partial charge on any atom is 0.320 e. The maximum atomic E-state index is 10.1. The molecule has 0 bridgehead atoms. The van der Waals surface area contributed by atoms with E-state index < -0.39 is 30.9 Å². The van der Waals surface area contributed by atoms with Crippen LogP contribution in [0.5, 0.6) is 0 Å². The predicted molar refractivity (Wildman–Crippen MR) is 59.8 cm³/mol. The number of aliphatic hydroxyl groups is 4. The van der Waals surface area contributed by atoms with Crippen LogP contribution in [0.25, 0.3) is 0 Å². The Morgan fingerprint density at radius 1 is 1.39 bits per heavy atom. The number of aldehydes is 1. The van der Waals surface area contributed by atoms with E-state index in [9.17, 15) is 9.59 Å². The molecule has 1 rings (SSSR count). The number of carboxylic acids is 1. The van der Waals surface area contributed by atoms with Crippen LogP contribution in [0.4, 0.5) is 0 Å². The molecule has 0 aliphatic carbocycles. The minimum absolute atomic E-state index is 0.0869. The minimum Gasteiger partial charge on any atom is -0.480 e. The molecule has 0 radical (unpaired) electrons. The zero-order valence-electron chi connectivity index (χ0n) is 9.77. The van der Waals surface area contributed by atoms with Crippen molar-refractivity contribution in [3.63, 3.8) is 0 Å². The van der Waals surface area contributed by atoms with E-state index in [1.54, 1.807) is 0 Å². The minimum atomic E-state index is -1.64. The molecule has 0 amide bonds. The Kier molecular flexibility index (Phi) is 8.42. The first kappa shape index (κ1) is 16.9. The highest BCUT2D eigenvalue weighted by atomic mass is 16.4. The first-order chi connectivity index (χ1) is 8.43. The zero-order chi connectivity index (χ0) is 14.1. The van der Waals surface area contributed by atoms with E-state index in [0.717, 1.165) is 19.4 Å². The highest BCUT2D eigenvalue weighted by Crippen LogP contribution is 2.03. The summed E-state index contributed by atoms with van der Waals surface area (Å²) in [7, 11) is 0. The Balaban J connectivity index is 0.000000327. The number of hydrogen-bond donors (Lipinski definition) is 6. The molecule has 0 aromatic rings. The largest absolute Gasteiger partial charge is 0.480 e. The summed E-state index contributed by atoms with van der Waals surface area (Å²) in [6.45, 7) is 0.170. The summed E-state index contributed by atoms with van der Waals surface area (Å²) in [5.74, 6) is -0.720. The van der Waals surface area contributed by atoms with Crippen LogP contribution in [0.1, 0.15) is 12.8 Å². The average molecular weight is 265 g/mol. The second-order valence-corrected chi connectivity index (χ2v) is 3.85. The molecule has 6 N–H and O–H groups in total. The summed E-state index contributed by atoms with van der Waals surface area (Å²) < 4.78 is 0. The molecule has 0 spiro atoms. The summed E-state index contributed by atoms with van der Waals surface area (Å²) in [5.41, 5.74) is 0. The van der Waals surface area contributed by atoms with Gasteiger partial charge in [-0.2, -0.15) is 0 Å². The van der Waals surface area contributed by atoms with Crippen LogP contribution < -0.4 is 5.32 Å². The highest BCUT2D eigenvalue weighted by Gasteiger charge is 2.23. The Morgan fingerprint density at radius 2 is 2.00 bits per heavy atom. The van der Waals surface area contributed by atoms with Crippen molar-refractivity contribution in [1.82, 2.24) is 5.32 Å². The van der Waals surface area contributed by atoms with Crippen LogP contribution in [0.3, 0.4) is 0 Å². The van der Waals surface area contributed by atoms with Gasteiger partial charge in [-0.25, -0.2) is 0 Å². The smallest absolute Gasteiger partial charge is 0.320 e. The number of hydrogen-bond acceptors (Lipinski definition) is 7. The normalized spacial score (nSPS) is 23.4. The van der Waals surface area contributed by atoms with Crippen molar-refractivity contribution < 1.29 is 35.1 Å². The van der Waals surface area contributed by atoms with Gasteiger partial charge in [0.25, 0.3) is 0 Å². The molecule has 106 valence electrons. The summed E-state index contributed by atoms with van der Waals surface area (Å²) >= 11 is 0. The topological polar surface area (TPSA) is 147 Å². The molecule has 1 aliphatic rings. The fourth-order valence-corrected chi connectivity index (χ4v) is 1.31. The predicted octanol–water partition coefficient (Wildman–Crippen LogP) is -2.92. The lowest BCUT2D eigenvalue weighted by molar-refractivity contribution is -0.139. The van der Waals surface area contributed by atoms with Crippen LogP contribution in [-0.2, 0) is 9.59 Å². The van der Waals surface area contributed by atoms with E-state index >= 15 is 0 Å². The van der Waals surface area contributed by atoms with Gasteiger partial charge in [-0.15, -0.1) is 0 Å². The van der Waals surface area contributed by atoms with Gasteiger partial charge in [-0.1, -0.05) is 0 Å². The SMILES string of the molecule is O=C(O)[C@@H]1CCCN1.O=C[C@H](O)[C@H](O)[C@H](O)CO. The molecule has 1 aliphatic heterocycles. The first-order valence-electron chi connectivity index (χ1n) is 5.50. The summed E-state index contributed by atoms with van der Waals surface area (Å²) in [6, 6.07) is -0.269. The van der Waals surface area contributed by atoms with E-state index in [2.05, 4.69) is 5.32 Å². The number of carboxylic acid groups (broad SMARTS) is 1. The van der Waals surface area contributed by atoms with Gasteiger partial charge in [-0.05, 0) is 19.4 Å². The van der Waals surface area contributed by atoms with Crippen molar-refractivity contribution in [2.45, 2.75) is 37.2 Å². The van der Waals surface area contributed by atoms with Crippen LogP contribution in [-0.4, -0.2) is 75.3 Å². The fourth-order valence-electron chi connectivity index (χ4n) is 1.31. The second-order valence-electron chi connectivity index (χ2n) is 3.85. The summed E-state index contributed by atoms with van der Waals surface area (Å²) in [4.78, 5) is 19.9. The molecular weight excluding hydrogens is 246 g/mol. The number of carbonyl (C=O) groups excluding carboxylic acids is 1. The van der Waals surface area contributed by atoms with Gasteiger partial charge in [0.15, 0.2) is 6.29 Å². The monoisotopic (exact) mass is 265 g/mol. The summed E-state index contributed by atoms with van der Waals surface area (Å²) in [6.07, 6.45) is -2.85. The van der Waals surface area contributed by atoms with E-state index in [1.165, 1.54) is 0 Å². The average Bonchev–Trinajstić information content (AvgIpc) is 2.90. The first-order valence-corrected chi connectivity index (χ1v) is 5.50. The molecule has 0 aromatic carbocycles. The molecule has 1 saturated heterocycles. The van der Waals surface area contributed by atoms with Gasteiger partial charge < -0.3 is 35.6 Å². The molecule has 4 atom stereocenters. The second kappa shape index (κ2) is 8.95. The van der Waals surface area contributed by atoms with Gasteiger partial charge in [-0.3, -0.25) is 4.79 Å². The number of carbonyl (C=O) groups is 2. The Morgan fingerprint density at radius 3 is 2.28 bits per heavy atom.